The Labute approximate surface area is 106 Å². The Balaban J connectivity index is 2.61. The second-order valence-corrected chi connectivity index (χ2v) is 6.63. The van der Waals surface area contributed by atoms with Crippen molar-refractivity contribution in [1.82, 2.24) is 0 Å². The summed E-state index contributed by atoms with van der Waals surface area (Å²) in [5, 5.41) is 0. The lowest BCUT2D eigenvalue weighted by molar-refractivity contribution is -0.145. The van der Waals surface area contributed by atoms with Crippen LogP contribution in [0.25, 0.3) is 0 Å². The zero-order valence-electron chi connectivity index (χ0n) is 12.2. The van der Waals surface area contributed by atoms with Crippen LogP contribution in [0.5, 0.6) is 0 Å². The summed E-state index contributed by atoms with van der Waals surface area (Å²) < 4.78 is 12.0. The van der Waals surface area contributed by atoms with E-state index < -0.39 is 0 Å². The number of hydrogen-bond donors (Lipinski definition) is 1. The standard InChI is InChI=1S/C14H29NO2/c1-9-7-12(8-10(2)16-9)17-13(11(3)15)14(4,5)6/h9-13H,7-8,15H2,1-6H3. The summed E-state index contributed by atoms with van der Waals surface area (Å²) in [6.45, 7) is 12.8. The van der Waals surface area contributed by atoms with Crippen LogP contribution in [0.4, 0.5) is 0 Å². The van der Waals surface area contributed by atoms with Crippen LogP contribution in [0.15, 0.2) is 0 Å². The lowest BCUT2D eigenvalue weighted by atomic mass is 9.85. The predicted molar refractivity (Wildman–Crippen MR) is 71.0 cm³/mol. The third kappa shape index (κ3) is 4.57. The van der Waals surface area contributed by atoms with Gasteiger partial charge in [-0.2, -0.15) is 0 Å². The number of hydrogen-bond acceptors (Lipinski definition) is 3. The van der Waals surface area contributed by atoms with Crippen LogP contribution in [-0.4, -0.2) is 30.5 Å². The second kappa shape index (κ2) is 5.68. The molecule has 1 aliphatic rings. The van der Waals surface area contributed by atoms with Gasteiger partial charge in [0.25, 0.3) is 0 Å². The maximum absolute atomic E-state index is 6.25. The van der Waals surface area contributed by atoms with Crippen LogP contribution in [0.3, 0.4) is 0 Å². The SMILES string of the molecule is CC1CC(OC(C(C)N)C(C)(C)C)CC(C)O1. The summed E-state index contributed by atoms with van der Waals surface area (Å²) in [6, 6.07) is 0.0588. The van der Waals surface area contributed by atoms with Crippen LogP contribution in [0.1, 0.15) is 54.4 Å². The van der Waals surface area contributed by atoms with Crippen molar-refractivity contribution in [3.05, 3.63) is 0 Å². The molecule has 1 aliphatic heterocycles. The highest BCUT2D eigenvalue weighted by atomic mass is 16.5. The van der Waals surface area contributed by atoms with Gasteiger partial charge in [-0.3, -0.25) is 0 Å². The fourth-order valence-electron chi connectivity index (χ4n) is 2.78. The smallest absolute Gasteiger partial charge is 0.0775 e. The van der Waals surface area contributed by atoms with E-state index in [4.69, 9.17) is 15.2 Å². The topological polar surface area (TPSA) is 44.5 Å². The molecule has 4 atom stereocenters. The lowest BCUT2D eigenvalue weighted by Gasteiger charge is -2.40. The molecular formula is C14H29NO2. The maximum Gasteiger partial charge on any atom is 0.0775 e. The van der Waals surface area contributed by atoms with Crippen LogP contribution in [-0.2, 0) is 9.47 Å². The van der Waals surface area contributed by atoms with Gasteiger partial charge in [0.15, 0.2) is 0 Å². The summed E-state index contributed by atoms with van der Waals surface area (Å²) in [5.74, 6) is 0. The molecule has 3 heteroatoms. The van der Waals surface area contributed by atoms with Crippen molar-refractivity contribution >= 4 is 0 Å². The zero-order chi connectivity index (χ0) is 13.2. The fourth-order valence-corrected chi connectivity index (χ4v) is 2.78. The minimum Gasteiger partial charge on any atom is -0.375 e. The van der Waals surface area contributed by atoms with E-state index in [0.717, 1.165) is 12.8 Å². The average molecular weight is 243 g/mol. The van der Waals surface area contributed by atoms with Crippen LogP contribution < -0.4 is 5.73 Å². The zero-order valence-corrected chi connectivity index (χ0v) is 12.2. The van der Waals surface area contributed by atoms with Gasteiger partial charge in [-0.25, -0.2) is 0 Å². The number of nitrogens with two attached hydrogens (primary N) is 1. The van der Waals surface area contributed by atoms with Gasteiger partial charge in [-0.05, 0) is 39.0 Å². The highest BCUT2D eigenvalue weighted by molar-refractivity contribution is 4.84. The van der Waals surface area contributed by atoms with E-state index in [-0.39, 0.29) is 35.9 Å². The van der Waals surface area contributed by atoms with Gasteiger partial charge in [0.1, 0.15) is 0 Å². The first kappa shape index (κ1) is 14.9. The Morgan fingerprint density at radius 3 is 2.00 bits per heavy atom. The summed E-state index contributed by atoms with van der Waals surface area (Å²) in [5.41, 5.74) is 6.14. The summed E-state index contributed by atoms with van der Waals surface area (Å²) in [4.78, 5) is 0. The largest absolute Gasteiger partial charge is 0.375 e. The lowest BCUT2D eigenvalue weighted by Crippen LogP contribution is -2.47. The van der Waals surface area contributed by atoms with Gasteiger partial charge in [0.05, 0.1) is 24.4 Å². The van der Waals surface area contributed by atoms with Gasteiger partial charge in [-0.1, -0.05) is 20.8 Å². The minimum absolute atomic E-state index is 0.0588. The Hall–Kier alpha value is -0.120. The Morgan fingerprint density at radius 2 is 1.65 bits per heavy atom. The molecule has 1 rings (SSSR count). The van der Waals surface area contributed by atoms with Crippen molar-refractivity contribution in [1.29, 1.82) is 0 Å². The molecule has 1 saturated heterocycles. The van der Waals surface area contributed by atoms with Gasteiger partial charge >= 0.3 is 0 Å². The normalized spacial score (nSPS) is 34.4. The molecule has 102 valence electrons. The molecule has 0 spiro atoms. The summed E-state index contributed by atoms with van der Waals surface area (Å²) in [6.07, 6.45) is 2.91. The Kier molecular flexibility index (Phi) is 4.99. The van der Waals surface area contributed by atoms with Gasteiger partial charge < -0.3 is 15.2 Å². The Bertz CT molecular complexity index is 225. The first-order chi connectivity index (χ1) is 7.70. The number of rotatable bonds is 3. The molecule has 0 radical (unpaired) electrons. The summed E-state index contributed by atoms with van der Waals surface area (Å²) >= 11 is 0. The second-order valence-electron chi connectivity index (χ2n) is 6.63. The van der Waals surface area contributed by atoms with E-state index in [2.05, 4.69) is 34.6 Å². The van der Waals surface area contributed by atoms with E-state index in [1.54, 1.807) is 0 Å². The third-order valence-electron chi connectivity index (χ3n) is 3.32. The first-order valence-electron chi connectivity index (χ1n) is 6.76. The molecule has 0 aromatic carbocycles. The number of ether oxygens (including phenoxy) is 2. The van der Waals surface area contributed by atoms with E-state index >= 15 is 0 Å². The first-order valence-corrected chi connectivity index (χ1v) is 6.76. The Morgan fingerprint density at radius 1 is 1.18 bits per heavy atom. The summed E-state index contributed by atoms with van der Waals surface area (Å²) in [7, 11) is 0. The molecule has 17 heavy (non-hydrogen) atoms. The van der Waals surface area contributed by atoms with Crippen molar-refractivity contribution in [2.24, 2.45) is 11.1 Å². The van der Waals surface area contributed by atoms with Gasteiger partial charge in [0, 0.05) is 6.04 Å². The predicted octanol–water partition coefficient (Wildman–Crippen LogP) is 2.72. The molecule has 3 nitrogen and oxygen atoms in total. The molecule has 0 aromatic rings. The molecule has 1 heterocycles. The molecular weight excluding hydrogens is 214 g/mol. The van der Waals surface area contributed by atoms with E-state index in [9.17, 15) is 0 Å². The average Bonchev–Trinajstić information content (AvgIpc) is 2.10. The van der Waals surface area contributed by atoms with Crippen molar-refractivity contribution < 1.29 is 9.47 Å². The van der Waals surface area contributed by atoms with Crippen molar-refractivity contribution in [2.45, 2.75) is 84.8 Å². The van der Waals surface area contributed by atoms with Crippen LogP contribution in [0.2, 0.25) is 0 Å². The van der Waals surface area contributed by atoms with Gasteiger partial charge in [-0.15, -0.1) is 0 Å². The monoisotopic (exact) mass is 243 g/mol. The molecule has 0 aromatic heterocycles. The van der Waals surface area contributed by atoms with Crippen LogP contribution in [0, 0.1) is 5.41 Å². The molecule has 0 amide bonds. The molecule has 2 N–H and O–H groups in total. The van der Waals surface area contributed by atoms with E-state index in [1.807, 2.05) is 6.92 Å². The van der Waals surface area contributed by atoms with Crippen molar-refractivity contribution in [3.8, 4) is 0 Å². The molecule has 0 saturated carbocycles. The van der Waals surface area contributed by atoms with Crippen molar-refractivity contribution in [3.63, 3.8) is 0 Å². The quantitative estimate of drug-likeness (QED) is 0.829. The maximum atomic E-state index is 6.25. The van der Waals surface area contributed by atoms with E-state index in [0.29, 0.717) is 0 Å². The van der Waals surface area contributed by atoms with Crippen LogP contribution >= 0.6 is 0 Å². The third-order valence-corrected chi connectivity index (χ3v) is 3.32. The fraction of sp³-hybridized carbons (Fsp3) is 1.00. The molecule has 0 bridgehead atoms. The minimum atomic E-state index is 0.0588. The van der Waals surface area contributed by atoms with E-state index in [1.165, 1.54) is 0 Å². The highest BCUT2D eigenvalue weighted by Crippen LogP contribution is 2.30. The molecule has 1 fully saturated rings. The highest BCUT2D eigenvalue weighted by Gasteiger charge is 2.34. The van der Waals surface area contributed by atoms with Gasteiger partial charge in [0.2, 0.25) is 0 Å². The molecule has 4 unspecified atom stereocenters. The van der Waals surface area contributed by atoms with Crippen molar-refractivity contribution in [2.75, 3.05) is 0 Å². The molecule has 0 aliphatic carbocycles.